The molecule has 0 bridgehead atoms. The Kier molecular flexibility index (Phi) is 10.7. The third kappa shape index (κ3) is 9.41. The second kappa shape index (κ2) is 12.8. The number of ketones is 1. The fourth-order valence-corrected chi connectivity index (χ4v) is 2.90. The number of ether oxygens (including phenoxy) is 1. The number of piperidine rings is 1. The summed E-state index contributed by atoms with van der Waals surface area (Å²) in [4.78, 5) is 32.7. The van der Waals surface area contributed by atoms with Crippen molar-refractivity contribution in [2.45, 2.75) is 65.7 Å². The summed E-state index contributed by atoms with van der Waals surface area (Å²) in [6.07, 6.45) is 5.43. The van der Waals surface area contributed by atoms with Crippen molar-refractivity contribution in [3.63, 3.8) is 0 Å². The number of allylic oxidation sites excluding steroid dienone is 1. The first-order valence-electron chi connectivity index (χ1n) is 10.2. The average Bonchev–Trinajstić information content (AvgIpc) is 2.65. The molecule has 6 heteroatoms. The van der Waals surface area contributed by atoms with Gasteiger partial charge < -0.3 is 9.84 Å². The summed E-state index contributed by atoms with van der Waals surface area (Å²) in [5, 5.41) is 11.2. The van der Waals surface area contributed by atoms with Gasteiger partial charge in [-0.25, -0.2) is 0 Å². The molecular weight excluding hydrogens is 370 g/mol. The largest absolute Gasteiger partial charge is 0.513 e. The highest BCUT2D eigenvalue weighted by atomic mass is 16.5. The van der Waals surface area contributed by atoms with Crippen molar-refractivity contribution in [1.82, 2.24) is 5.32 Å². The molecule has 0 aliphatic carbocycles. The van der Waals surface area contributed by atoms with E-state index in [0.717, 1.165) is 42.6 Å². The van der Waals surface area contributed by atoms with Crippen LogP contribution in [0.15, 0.2) is 30.5 Å². The quantitative estimate of drug-likeness (QED) is 0.274. The molecule has 2 amide bonds. The number of nitrogens with one attached hydrogen (secondary N) is 1. The maximum atomic E-state index is 11.5. The van der Waals surface area contributed by atoms with Crippen LogP contribution in [0.2, 0.25) is 0 Å². The Balaban J connectivity index is 0.000000387. The van der Waals surface area contributed by atoms with Crippen molar-refractivity contribution in [1.29, 1.82) is 0 Å². The second-order valence-corrected chi connectivity index (χ2v) is 7.35. The van der Waals surface area contributed by atoms with E-state index in [1.54, 1.807) is 6.92 Å². The zero-order valence-corrected chi connectivity index (χ0v) is 17.8. The van der Waals surface area contributed by atoms with Gasteiger partial charge in [-0.2, -0.15) is 0 Å². The first-order valence-corrected chi connectivity index (χ1v) is 10.2. The number of benzene rings is 1. The first-order chi connectivity index (χ1) is 13.7. The molecule has 2 N–H and O–H groups in total. The molecule has 1 heterocycles. The smallest absolute Gasteiger partial charge is 0.229 e. The van der Waals surface area contributed by atoms with E-state index in [1.807, 2.05) is 25.1 Å². The lowest BCUT2D eigenvalue weighted by molar-refractivity contribution is -0.135. The van der Waals surface area contributed by atoms with Gasteiger partial charge in [-0.3, -0.25) is 19.7 Å². The molecule has 1 saturated heterocycles. The van der Waals surface area contributed by atoms with Crippen LogP contribution in [0.25, 0.3) is 0 Å². The molecular formula is C23H33NO5. The Morgan fingerprint density at radius 1 is 1.31 bits per heavy atom. The molecule has 0 radical (unpaired) electrons. The van der Waals surface area contributed by atoms with E-state index in [4.69, 9.17) is 9.84 Å². The highest BCUT2D eigenvalue weighted by Gasteiger charge is 2.21. The molecule has 6 nitrogen and oxygen atoms in total. The van der Waals surface area contributed by atoms with E-state index < -0.39 is 0 Å². The number of Topliss-reactive ketones (excluding diaryl/α,β-unsaturated/α-hetero) is 1. The summed E-state index contributed by atoms with van der Waals surface area (Å²) in [7, 11) is 0. The van der Waals surface area contributed by atoms with Gasteiger partial charge in [-0.15, -0.1) is 0 Å². The first kappa shape index (κ1) is 24.4. The lowest BCUT2D eigenvalue weighted by atomic mass is 10.0. The molecule has 29 heavy (non-hydrogen) atoms. The van der Waals surface area contributed by atoms with Crippen molar-refractivity contribution in [2.24, 2.45) is 5.92 Å². The number of amides is 2. The van der Waals surface area contributed by atoms with E-state index in [1.165, 1.54) is 0 Å². The van der Waals surface area contributed by atoms with Gasteiger partial charge in [0.1, 0.15) is 5.75 Å². The molecule has 1 atom stereocenters. The monoisotopic (exact) mass is 403 g/mol. The van der Waals surface area contributed by atoms with Crippen LogP contribution in [0.3, 0.4) is 0 Å². The van der Waals surface area contributed by atoms with Crippen LogP contribution < -0.4 is 10.1 Å². The molecule has 1 aromatic rings. The average molecular weight is 404 g/mol. The van der Waals surface area contributed by atoms with E-state index in [2.05, 4.69) is 18.8 Å². The minimum absolute atomic E-state index is 0.0164. The molecule has 0 aromatic heterocycles. The number of aryl methyl sites for hydroxylation is 1. The molecule has 160 valence electrons. The van der Waals surface area contributed by atoms with Crippen molar-refractivity contribution in [3.05, 3.63) is 41.7 Å². The zero-order chi connectivity index (χ0) is 21.8. The van der Waals surface area contributed by atoms with E-state index >= 15 is 0 Å². The van der Waals surface area contributed by atoms with Gasteiger partial charge in [0.15, 0.2) is 5.78 Å². The third-order valence-corrected chi connectivity index (χ3v) is 4.62. The number of rotatable bonds is 9. The molecule has 1 aromatic carbocycles. The summed E-state index contributed by atoms with van der Waals surface area (Å²) in [5.74, 6) is 0.871. The highest BCUT2D eigenvalue weighted by molar-refractivity contribution is 5.98. The van der Waals surface area contributed by atoms with Crippen molar-refractivity contribution >= 4 is 17.6 Å². The fourth-order valence-electron chi connectivity index (χ4n) is 2.90. The SMILES string of the molecule is C=C(O)CCCCOc1ccc(C(C)=O)c(CCC)c1.CC1CCC(=O)NC1=O. The number of unbranched alkanes of at least 4 members (excludes halogenated alkanes) is 1. The molecule has 1 aliphatic heterocycles. The standard InChI is InChI=1S/C17H24O3.C6H9NO2/c1-4-7-15-12-16(9-10-17(15)14(3)19)20-11-6-5-8-13(2)18;1-4-2-3-5(8)7-6(4)9/h9-10,12,18H,2,4-8,11H2,1,3H3;4H,2-3H2,1H3,(H,7,8,9). The summed E-state index contributed by atoms with van der Waals surface area (Å²) < 4.78 is 5.69. The minimum Gasteiger partial charge on any atom is -0.513 e. The van der Waals surface area contributed by atoms with Crippen LogP contribution in [-0.2, 0) is 16.0 Å². The van der Waals surface area contributed by atoms with Gasteiger partial charge in [0.05, 0.1) is 12.4 Å². The molecule has 1 unspecified atom stereocenters. The summed E-state index contributed by atoms with van der Waals surface area (Å²) >= 11 is 0. The number of aliphatic hydroxyl groups excluding tert-OH is 1. The topological polar surface area (TPSA) is 92.7 Å². The van der Waals surface area contributed by atoms with E-state index in [-0.39, 0.29) is 29.3 Å². The van der Waals surface area contributed by atoms with Crippen molar-refractivity contribution in [3.8, 4) is 5.75 Å². The Labute approximate surface area is 173 Å². The number of imide groups is 1. The van der Waals surface area contributed by atoms with Crippen LogP contribution in [0, 0.1) is 5.92 Å². The van der Waals surface area contributed by atoms with Crippen LogP contribution in [-0.4, -0.2) is 29.3 Å². The highest BCUT2D eigenvalue weighted by Crippen LogP contribution is 2.20. The molecule has 0 saturated carbocycles. The predicted octanol–water partition coefficient (Wildman–Crippen LogP) is 4.52. The number of hydrogen-bond donors (Lipinski definition) is 2. The summed E-state index contributed by atoms with van der Waals surface area (Å²) in [5.41, 5.74) is 1.84. The predicted molar refractivity (Wildman–Crippen MR) is 113 cm³/mol. The third-order valence-electron chi connectivity index (χ3n) is 4.62. The van der Waals surface area contributed by atoms with Crippen molar-refractivity contribution < 1.29 is 24.2 Å². The van der Waals surface area contributed by atoms with Crippen LogP contribution in [0.4, 0.5) is 0 Å². The van der Waals surface area contributed by atoms with Crippen LogP contribution in [0.1, 0.15) is 75.2 Å². The number of aliphatic hydroxyl groups is 1. The molecule has 1 aliphatic rings. The molecule has 1 fully saturated rings. The van der Waals surface area contributed by atoms with E-state index in [0.29, 0.717) is 25.9 Å². The fraction of sp³-hybridized carbons (Fsp3) is 0.522. The second-order valence-electron chi connectivity index (χ2n) is 7.35. The van der Waals surface area contributed by atoms with Gasteiger partial charge >= 0.3 is 0 Å². The van der Waals surface area contributed by atoms with Crippen LogP contribution >= 0.6 is 0 Å². The molecule has 0 spiro atoms. The van der Waals surface area contributed by atoms with Gasteiger partial charge in [0.2, 0.25) is 11.8 Å². The molecule has 2 rings (SSSR count). The minimum atomic E-state index is -0.141. The normalized spacial score (nSPS) is 15.8. The Morgan fingerprint density at radius 3 is 2.59 bits per heavy atom. The Bertz CT molecular complexity index is 726. The van der Waals surface area contributed by atoms with Gasteiger partial charge in [-0.05, 0) is 56.4 Å². The number of hydrogen-bond acceptors (Lipinski definition) is 5. The summed E-state index contributed by atoms with van der Waals surface area (Å²) in [6.45, 7) is 9.57. The number of carbonyl (C=O) groups is 3. The Morgan fingerprint density at radius 2 is 2.03 bits per heavy atom. The Hall–Kier alpha value is -2.63. The maximum Gasteiger partial charge on any atom is 0.229 e. The number of carbonyl (C=O) groups excluding carboxylic acids is 3. The van der Waals surface area contributed by atoms with Gasteiger partial charge in [-0.1, -0.05) is 26.8 Å². The maximum absolute atomic E-state index is 11.5. The van der Waals surface area contributed by atoms with Crippen molar-refractivity contribution in [2.75, 3.05) is 6.61 Å². The zero-order valence-electron chi connectivity index (χ0n) is 17.8. The van der Waals surface area contributed by atoms with Gasteiger partial charge in [0, 0.05) is 24.3 Å². The van der Waals surface area contributed by atoms with E-state index in [9.17, 15) is 14.4 Å². The lowest BCUT2D eigenvalue weighted by Gasteiger charge is -2.15. The van der Waals surface area contributed by atoms with Crippen LogP contribution in [0.5, 0.6) is 5.75 Å². The van der Waals surface area contributed by atoms with Gasteiger partial charge in [0.25, 0.3) is 0 Å². The lowest BCUT2D eigenvalue weighted by Crippen LogP contribution is -2.39. The summed E-state index contributed by atoms with van der Waals surface area (Å²) in [6, 6.07) is 5.66.